The van der Waals surface area contributed by atoms with Gasteiger partial charge >= 0.3 is 0 Å². The average molecular weight is 301 g/mol. The van der Waals surface area contributed by atoms with Gasteiger partial charge in [-0.2, -0.15) is 0 Å². The van der Waals surface area contributed by atoms with Crippen LogP contribution in [0.15, 0.2) is 6.07 Å². The monoisotopic (exact) mass is 300 g/mol. The topological polar surface area (TPSA) is 32.3 Å². The molecule has 0 radical (unpaired) electrons. The van der Waals surface area contributed by atoms with E-state index in [1.54, 1.807) is 0 Å². The van der Waals surface area contributed by atoms with Crippen molar-refractivity contribution in [3.05, 3.63) is 16.4 Å². The second-order valence-corrected chi connectivity index (χ2v) is 6.27. The highest BCUT2D eigenvalue weighted by Crippen LogP contribution is 2.34. The lowest BCUT2D eigenvalue weighted by atomic mass is 9.84. The van der Waals surface area contributed by atoms with Gasteiger partial charge in [0.05, 0.1) is 5.69 Å². The SMILES string of the molecule is CN1CCCC2CN(c3cc(Cl)nnc3Cl)CCC21. The summed E-state index contributed by atoms with van der Waals surface area (Å²) in [7, 11) is 2.24. The molecule has 6 heteroatoms. The largest absolute Gasteiger partial charge is 0.369 e. The number of likely N-dealkylation sites (tertiary alicyclic amines) is 1. The molecule has 4 nitrogen and oxygen atoms in total. The van der Waals surface area contributed by atoms with Gasteiger partial charge in [-0.05, 0) is 38.8 Å². The van der Waals surface area contributed by atoms with E-state index in [0.29, 0.717) is 16.3 Å². The van der Waals surface area contributed by atoms with Crippen LogP contribution in [0.1, 0.15) is 19.3 Å². The Morgan fingerprint density at radius 1 is 1.21 bits per heavy atom. The second-order valence-electron chi connectivity index (χ2n) is 5.53. The van der Waals surface area contributed by atoms with Crippen LogP contribution in [0.2, 0.25) is 10.3 Å². The van der Waals surface area contributed by atoms with Crippen molar-refractivity contribution in [3.63, 3.8) is 0 Å². The van der Waals surface area contributed by atoms with Crippen LogP contribution < -0.4 is 4.90 Å². The minimum atomic E-state index is 0.405. The fraction of sp³-hybridized carbons (Fsp3) is 0.692. The molecule has 1 aromatic rings. The predicted molar refractivity (Wildman–Crippen MR) is 78.0 cm³/mol. The van der Waals surface area contributed by atoms with Gasteiger partial charge in [0, 0.05) is 25.2 Å². The first kappa shape index (κ1) is 13.4. The summed E-state index contributed by atoms with van der Waals surface area (Å²) in [5, 5.41) is 8.54. The lowest BCUT2D eigenvalue weighted by Gasteiger charge is -2.46. The summed E-state index contributed by atoms with van der Waals surface area (Å²) in [6.45, 7) is 3.27. The molecular formula is C13H18Cl2N4. The van der Waals surface area contributed by atoms with E-state index in [4.69, 9.17) is 23.2 Å². The van der Waals surface area contributed by atoms with E-state index >= 15 is 0 Å². The second kappa shape index (κ2) is 5.43. The summed E-state index contributed by atoms with van der Waals surface area (Å²) in [6, 6.07) is 2.54. The summed E-state index contributed by atoms with van der Waals surface area (Å²) in [4.78, 5) is 4.81. The van der Waals surface area contributed by atoms with Gasteiger partial charge in [-0.15, -0.1) is 10.2 Å². The summed E-state index contributed by atoms with van der Waals surface area (Å²) in [5.74, 6) is 0.718. The molecule has 2 saturated heterocycles. The predicted octanol–water partition coefficient (Wildman–Crippen LogP) is 2.70. The summed E-state index contributed by atoms with van der Waals surface area (Å²) in [5.41, 5.74) is 0.924. The van der Waals surface area contributed by atoms with Crippen LogP contribution in [0.5, 0.6) is 0 Å². The molecule has 1 aromatic heterocycles. The van der Waals surface area contributed by atoms with Crippen molar-refractivity contribution in [1.29, 1.82) is 0 Å². The summed E-state index contributed by atoms with van der Waals surface area (Å²) in [6.07, 6.45) is 3.77. The van der Waals surface area contributed by atoms with E-state index in [1.807, 2.05) is 6.07 Å². The van der Waals surface area contributed by atoms with Gasteiger partial charge in [0.1, 0.15) is 0 Å². The van der Waals surface area contributed by atoms with E-state index in [1.165, 1.54) is 25.8 Å². The Kier molecular flexibility index (Phi) is 3.83. The molecule has 3 heterocycles. The number of hydrogen-bond donors (Lipinski definition) is 0. The van der Waals surface area contributed by atoms with Crippen LogP contribution in [0.25, 0.3) is 0 Å². The van der Waals surface area contributed by atoms with Gasteiger partial charge in [-0.1, -0.05) is 23.2 Å². The first-order valence-corrected chi connectivity index (χ1v) is 7.54. The molecular weight excluding hydrogens is 283 g/mol. The van der Waals surface area contributed by atoms with Gasteiger partial charge in [-0.25, -0.2) is 0 Å². The number of rotatable bonds is 1. The third-order valence-corrected chi connectivity index (χ3v) is 4.84. The van der Waals surface area contributed by atoms with Gasteiger partial charge in [0.2, 0.25) is 0 Å². The molecule has 0 saturated carbocycles. The fourth-order valence-corrected chi connectivity index (χ4v) is 3.79. The quantitative estimate of drug-likeness (QED) is 0.798. The highest BCUT2D eigenvalue weighted by atomic mass is 35.5. The van der Waals surface area contributed by atoms with Crippen LogP contribution in [0.4, 0.5) is 5.69 Å². The Balaban J connectivity index is 1.79. The molecule has 0 N–H and O–H groups in total. The zero-order valence-electron chi connectivity index (χ0n) is 11.0. The Morgan fingerprint density at radius 2 is 2.05 bits per heavy atom. The van der Waals surface area contributed by atoms with Gasteiger partial charge in [0.25, 0.3) is 0 Å². The Labute approximate surface area is 123 Å². The number of halogens is 2. The van der Waals surface area contributed by atoms with Crippen LogP contribution >= 0.6 is 23.2 Å². The smallest absolute Gasteiger partial charge is 0.175 e. The Hall–Kier alpha value is -0.580. The average Bonchev–Trinajstić information content (AvgIpc) is 2.41. The molecule has 104 valence electrons. The molecule has 0 aliphatic carbocycles. The lowest BCUT2D eigenvalue weighted by molar-refractivity contribution is 0.102. The van der Waals surface area contributed by atoms with E-state index in [2.05, 4.69) is 27.0 Å². The van der Waals surface area contributed by atoms with E-state index < -0.39 is 0 Å². The molecule has 2 aliphatic heterocycles. The number of nitrogens with zero attached hydrogens (tertiary/aromatic N) is 4. The van der Waals surface area contributed by atoms with Gasteiger partial charge in [0.15, 0.2) is 10.3 Å². The van der Waals surface area contributed by atoms with E-state index in [0.717, 1.165) is 24.7 Å². The van der Waals surface area contributed by atoms with Crippen LogP contribution in [0.3, 0.4) is 0 Å². The van der Waals surface area contributed by atoms with Gasteiger partial charge in [-0.3, -0.25) is 0 Å². The fourth-order valence-electron chi connectivity index (χ4n) is 3.44. The van der Waals surface area contributed by atoms with Crippen LogP contribution in [-0.2, 0) is 0 Å². The molecule has 2 fully saturated rings. The van der Waals surface area contributed by atoms with Crippen molar-refractivity contribution in [2.75, 3.05) is 31.6 Å². The minimum Gasteiger partial charge on any atom is -0.369 e. The third-order valence-electron chi connectivity index (χ3n) is 4.39. The zero-order valence-corrected chi connectivity index (χ0v) is 12.5. The van der Waals surface area contributed by atoms with Crippen molar-refractivity contribution in [3.8, 4) is 0 Å². The first-order valence-electron chi connectivity index (χ1n) is 6.79. The molecule has 2 atom stereocenters. The molecule has 0 amide bonds. The number of anilines is 1. The van der Waals surface area contributed by atoms with E-state index in [-0.39, 0.29) is 0 Å². The maximum absolute atomic E-state index is 6.15. The lowest BCUT2D eigenvalue weighted by Crippen LogP contribution is -2.52. The molecule has 0 spiro atoms. The Bertz CT molecular complexity index is 468. The molecule has 2 unspecified atom stereocenters. The normalized spacial score (nSPS) is 28.3. The summed E-state index contributed by atoms with van der Waals surface area (Å²) >= 11 is 12.1. The molecule has 19 heavy (non-hydrogen) atoms. The van der Waals surface area contributed by atoms with E-state index in [9.17, 15) is 0 Å². The molecule has 0 bridgehead atoms. The number of piperidine rings is 2. The van der Waals surface area contributed by atoms with Crippen molar-refractivity contribution in [2.24, 2.45) is 5.92 Å². The Morgan fingerprint density at radius 3 is 2.89 bits per heavy atom. The standard InChI is InChI=1S/C13H18Cl2N4/c1-18-5-2-3-9-8-19(6-4-10(9)18)11-7-12(14)16-17-13(11)15/h7,9-10H,2-6,8H2,1H3. The highest BCUT2D eigenvalue weighted by Gasteiger charge is 2.34. The number of fused-ring (bicyclic) bond motifs is 1. The van der Waals surface area contributed by atoms with Crippen molar-refractivity contribution in [1.82, 2.24) is 15.1 Å². The molecule has 3 rings (SSSR count). The molecule has 0 aromatic carbocycles. The van der Waals surface area contributed by atoms with Crippen LogP contribution in [-0.4, -0.2) is 47.8 Å². The maximum atomic E-state index is 6.15. The van der Waals surface area contributed by atoms with Crippen molar-refractivity contribution < 1.29 is 0 Å². The zero-order chi connectivity index (χ0) is 13.4. The first-order chi connectivity index (χ1) is 9.15. The number of hydrogen-bond acceptors (Lipinski definition) is 4. The summed E-state index contributed by atoms with van der Waals surface area (Å²) < 4.78 is 0. The highest BCUT2D eigenvalue weighted by molar-refractivity contribution is 6.33. The van der Waals surface area contributed by atoms with Gasteiger partial charge < -0.3 is 9.80 Å². The maximum Gasteiger partial charge on any atom is 0.175 e. The minimum absolute atomic E-state index is 0.405. The number of aromatic nitrogens is 2. The third kappa shape index (κ3) is 2.67. The molecule has 2 aliphatic rings. The van der Waals surface area contributed by atoms with Crippen LogP contribution in [0, 0.1) is 5.92 Å². The van der Waals surface area contributed by atoms with Crippen molar-refractivity contribution in [2.45, 2.75) is 25.3 Å². The van der Waals surface area contributed by atoms with Crippen molar-refractivity contribution >= 4 is 28.9 Å².